The van der Waals surface area contributed by atoms with E-state index in [-0.39, 0.29) is 30.2 Å². The number of hydrogen-bond donors (Lipinski definition) is 6. The topological polar surface area (TPSA) is 149 Å². The first-order chi connectivity index (χ1) is 26.5. The Morgan fingerprint density at radius 2 is 1.29 bits per heavy atom. The summed E-state index contributed by atoms with van der Waals surface area (Å²) in [5.74, 6) is -0.991. The van der Waals surface area contributed by atoms with Gasteiger partial charge in [0.15, 0.2) is 0 Å². The number of benzene rings is 4. The van der Waals surface area contributed by atoms with Crippen molar-refractivity contribution in [3.05, 3.63) is 96.1 Å². The lowest BCUT2D eigenvalue weighted by atomic mass is 9.87. The molecule has 0 saturated heterocycles. The zero-order chi connectivity index (χ0) is 39.7. The summed E-state index contributed by atoms with van der Waals surface area (Å²) in [6.07, 6.45) is 2.51. The fourth-order valence-corrected chi connectivity index (χ4v) is 6.99. The summed E-state index contributed by atoms with van der Waals surface area (Å²) in [6.45, 7) is 9.04. The molecule has 0 fully saturated rings. The van der Waals surface area contributed by atoms with Crippen LogP contribution in [0.25, 0.3) is 21.5 Å². The van der Waals surface area contributed by atoms with Gasteiger partial charge in [-0.3, -0.25) is 14.4 Å². The van der Waals surface area contributed by atoms with Crippen LogP contribution in [0.4, 0.5) is 4.79 Å². The van der Waals surface area contributed by atoms with Gasteiger partial charge in [0.1, 0.15) is 6.04 Å². The van der Waals surface area contributed by atoms with Crippen molar-refractivity contribution < 1.29 is 24.3 Å². The summed E-state index contributed by atoms with van der Waals surface area (Å²) in [4.78, 5) is 53.3. The number of carbonyl (C=O) groups excluding carboxylic acids is 4. The van der Waals surface area contributed by atoms with E-state index in [9.17, 15) is 24.3 Å². The molecule has 0 aliphatic heterocycles. The van der Waals surface area contributed by atoms with Gasteiger partial charge in [0.2, 0.25) is 17.7 Å². The normalized spacial score (nSPS) is 13.6. The lowest BCUT2D eigenvalue weighted by molar-refractivity contribution is -0.132. The van der Waals surface area contributed by atoms with Gasteiger partial charge >= 0.3 is 6.03 Å². The average Bonchev–Trinajstić information content (AvgIpc) is 3.18. The standard InChI is InChI=1S/C45H61N5O5/c1-6-31(4)29-48-42(52)28-41(51)40(25-30(2)3)50-44(54)39(23-11-12-24-47-45(55)46-5)49-43(53)36(26-34-19-13-17-32-15-7-9-21-37(32)34)27-35-20-14-18-33-16-8-10-22-38(33)35/h7-10,13-22,30-31,36,39-41,51H,6,11-12,23-29H2,1-5H3,(H,48,52)(H,49,53)(H,50,54)(H2,46,47,55)/t31?,39-,40-,41-/m0/s1. The molecule has 0 bridgehead atoms. The maximum Gasteiger partial charge on any atom is 0.314 e. The largest absolute Gasteiger partial charge is 0.390 e. The molecule has 55 heavy (non-hydrogen) atoms. The van der Waals surface area contributed by atoms with Gasteiger partial charge in [-0.1, -0.05) is 119 Å². The van der Waals surface area contributed by atoms with Crippen molar-refractivity contribution in [2.24, 2.45) is 17.8 Å². The molecule has 4 aromatic carbocycles. The van der Waals surface area contributed by atoms with E-state index in [1.54, 1.807) is 7.05 Å². The Balaban J connectivity index is 1.60. The van der Waals surface area contributed by atoms with Crippen LogP contribution in [-0.2, 0) is 27.2 Å². The Kier molecular flexibility index (Phi) is 17.0. The molecule has 296 valence electrons. The number of amides is 5. The molecular weight excluding hydrogens is 691 g/mol. The van der Waals surface area contributed by atoms with Crippen LogP contribution in [-0.4, -0.2) is 67.2 Å². The molecular formula is C45H61N5O5. The molecule has 0 radical (unpaired) electrons. The zero-order valence-electron chi connectivity index (χ0n) is 33.2. The average molecular weight is 752 g/mol. The van der Waals surface area contributed by atoms with Gasteiger partial charge < -0.3 is 31.7 Å². The smallest absolute Gasteiger partial charge is 0.314 e. The van der Waals surface area contributed by atoms with Crippen molar-refractivity contribution in [2.45, 2.75) is 97.2 Å². The fourth-order valence-electron chi connectivity index (χ4n) is 6.99. The van der Waals surface area contributed by atoms with Crippen LogP contribution in [0.1, 0.15) is 77.3 Å². The van der Waals surface area contributed by atoms with E-state index in [0.717, 1.165) is 39.1 Å². The number of urea groups is 1. The number of unbranched alkanes of at least 4 members (excludes halogenated alkanes) is 1. The quantitative estimate of drug-likeness (QED) is 0.0544. The molecule has 0 heterocycles. The Labute approximate surface area is 326 Å². The number of rotatable bonds is 21. The summed E-state index contributed by atoms with van der Waals surface area (Å²) in [7, 11) is 1.55. The summed E-state index contributed by atoms with van der Waals surface area (Å²) in [5.41, 5.74) is 2.10. The number of fused-ring (bicyclic) bond motifs is 2. The van der Waals surface area contributed by atoms with Crippen molar-refractivity contribution >= 4 is 45.3 Å². The molecule has 5 amide bonds. The molecule has 4 atom stereocenters. The molecule has 10 heteroatoms. The minimum absolute atomic E-state index is 0.123. The third kappa shape index (κ3) is 13.4. The van der Waals surface area contributed by atoms with Gasteiger partial charge in [0.25, 0.3) is 0 Å². The van der Waals surface area contributed by atoms with E-state index in [2.05, 4.69) is 89.0 Å². The van der Waals surface area contributed by atoms with Gasteiger partial charge in [-0.25, -0.2) is 4.79 Å². The van der Waals surface area contributed by atoms with Crippen LogP contribution in [0.5, 0.6) is 0 Å². The van der Waals surface area contributed by atoms with E-state index in [1.165, 1.54) is 0 Å². The summed E-state index contributed by atoms with van der Waals surface area (Å²) >= 11 is 0. The molecule has 10 nitrogen and oxygen atoms in total. The van der Waals surface area contributed by atoms with Gasteiger partial charge in [-0.2, -0.15) is 0 Å². The number of nitrogens with one attached hydrogen (secondary N) is 5. The SMILES string of the molecule is CCC(C)CNC(=O)C[C@H](O)[C@H](CC(C)C)NC(=O)[C@H](CCCCNC(=O)NC)NC(=O)C(Cc1cccc2ccccc12)Cc1cccc2ccccc12. The van der Waals surface area contributed by atoms with E-state index in [0.29, 0.717) is 57.5 Å². The number of hydrogen-bond acceptors (Lipinski definition) is 5. The monoisotopic (exact) mass is 751 g/mol. The molecule has 0 aromatic heterocycles. The van der Waals surface area contributed by atoms with Crippen LogP contribution in [0.2, 0.25) is 0 Å². The number of aliphatic hydroxyl groups is 1. The summed E-state index contributed by atoms with van der Waals surface area (Å²) in [5, 5.41) is 30.0. The Bertz CT molecular complexity index is 1770. The second kappa shape index (κ2) is 21.8. The van der Waals surface area contributed by atoms with Crippen molar-refractivity contribution in [3.63, 3.8) is 0 Å². The van der Waals surface area contributed by atoms with E-state index in [4.69, 9.17) is 0 Å². The molecule has 4 rings (SSSR count). The predicted octanol–water partition coefficient (Wildman–Crippen LogP) is 6.42. The van der Waals surface area contributed by atoms with Crippen LogP contribution in [0.3, 0.4) is 0 Å². The minimum atomic E-state index is -1.11. The summed E-state index contributed by atoms with van der Waals surface area (Å²) < 4.78 is 0. The zero-order valence-corrected chi connectivity index (χ0v) is 33.2. The summed E-state index contributed by atoms with van der Waals surface area (Å²) in [6, 6.07) is 26.7. The lowest BCUT2D eigenvalue weighted by Crippen LogP contribution is -2.54. The minimum Gasteiger partial charge on any atom is -0.390 e. The highest BCUT2D eigenvalue weighted by atomic mass is 16.3. The second-order valence-electron chi connectivity index (χ2n) is 15.3. The van der Waals surface area contributed by atoms with Crippen molar-refractivity contribution in [1.82, 2.24) is 26.6 Å². The maximum absolute atomic E-state index is 14.6. The van der Waals surface area contributed by atoms with Crippen LogP contribution in [0.15, 0.2) is 84.9 Å². The van der Waals surface area contributed by atoms with Crippen molar-refractivity contribution in [1.29, 1.82) is 0 Å². The molecule has 1 unspecified atom stereocenters. The third-order valence-electron chi connectivity index (χ3n) is 10.4. The molecule has 6 N–H and O–H groups in total. The first kappa shape index (κ1) is 42.8. The van der Waals surface area contributed by atoms with E-state index in [1.807, 2.05) is 50.2 Å². The highest BCUT2D eigenvalue weighted by Crippen LogP contribution is 2.27. The molecule has 0 aliphatic rings. The van der Waals surface area contributed by atoms with Crippen LogP contribution >= 0.6 is 0 Å². The number of carbonyl (C=O) groups is 4. The Morgan fingerprint density at radius 3 is 1.85 bits per heavy atom. The number of aliphatic hydroxyl groups excluding tert-OH is 1. The van der Waals surface area contributed by atoms with Gasteiger partial charge in [-0.15, -0.1) is 0 Å². The highest BCUT2D eigenvalue weighted by molar-refractivity contribution is 5.91. The molecule has 0 spiro atoms. The van der Waals surface area contributed by atoms with E-state index >= 15 is 0 Å². The second-order valence-corrected chi connectivity index (χ2v) is 15.3. The fraction of sp³-hybridized carbons (Fsp3) is 0.467. The third-order valence-corrected chi connectivity index (χ3v) is 10.4. The van der Waals surface area contributed by atoms with Gasteiger partial charge in [0, 0.05) is 26.1 Å². The predicted molar refractivity (Wildman–Crippen MR) is 222 cm³/mol. The van der Waals surface area contributed by atoms with E-state index < -0.39 is 30.0 Å². The first-order valence-electron chi connectivity index (χ1n) is 19.9. The lowest BCUT2D eigenvalue weighted by Gasteiger charge is -2.29. The van der Waals surface area contributed by atoms with Crippen LogP contribution in [0, 0.1) is 17.8 Å². The first-order valence-corrected chi connectivity index (χ1v) is 19.9. The molecule has 0 aliphatic carbocycles. The van der Waals surface area contributed by atoms with Gasteiger partial charge in [0.05, 0.1) is 18.6 Å². The van der Waals surface area contributed by atoms with Gasteiger partial charge in [-0.05, 0) is 83.0 Å². The van der Waals surface area contributed by atoms with Crippen molar-refractivity contribution in [3.8, 4) is 0 Å². The Hall–Kier alpha value is -4.96. The van der Waals surface area contributed by atoms with Crippen molar-refractivity contribution in [2.75, 3.05) is 20.1 Å². The molecule has 4 aromatic rings. The Morgan fingerprint density at radius 1 is 0.709 bits per heavy atom. The van der Waals surface area contributed by atoms with Crippen LogP contribution < -0.4 is 26.6 Å². The maximum atomic E-state index is 14.6. The molecule has 0 saturated carbocycles. The highest BCUT2D eigenvalue weighted by Gasteiger charge is 2.31.